The zero-order chi connectivity index (χ0) is 36.5. The minimum atomic E-state index is -1.24. The van der Waals surface area contributed by atoms with Crippen LogP contribution in [0.5, 0.6) is 5.75 Å². The van der Waals surface area contributed by atoms with Gasteiger partial charge in [0.1, 0.15) is 23.7 Å². The number of rotatable bonds is 14. The highest BCUT2D eigenvalue weighted by Gasteiger charge is 2.34. The molecule has 1 unspecified atom stereocenters. The number of Topliss-reactive ketones (excluding diaryl/α,β-unsaturated/α-hetero) is 1. The first-order valence-electron chi connectivity index (χ1n) is 16.7. The number of piperidine rings is 1. The van der Waals surface area contributed by atoms with Gasteiger partial charge in [0.25, 0.3) is 5.91 Å². The molecule has 0 bridgehead atoms. The minimum Gasteiger partial charge on any atom is -0.497 e. The molecule has 4 N–H and O–H groups in total. The SMILES string of the molecule is COc1ccc(C(C(=O)N2CCC(C(=O)c3ccc(F)cc3)CC2)n2cnc(NC(=O)[C@@H](COCc3ccccc3)NC(=O)C(C)(C)N)c2)cc1. The number of ketones is 1. The maximum absolute atomic E-state index is 14.2. The molecule has 1 aromatic heterocycles. The van der Waals surface area contributed by atoms with E-state index in [1.54, 1.807) is 47.0 Å². The van der Waals surface area contributed by atoms with Crippen LogP contribution < -0.4 is 21.1 Å². The molecule has 4 aromatic rings. The fourth-order valence-electron chi connectivity index (χ4n) is 5.77. The van der Waals surface area contributed by atoms with E-state index in [1.165, 1.54) is 44.4 Å². The standard InChI is InChI=1S/C38H43FN6O6/c1-38(2,40)37(49)42-31(23-51-22-25-7-5-4-6-8-25)35(47)43-32-21-45(24-41-32)33(26-11-15-30(50-3)16-12-26)36(48)44-19-17-28(18-20-44)34(46)27-9-13-29(39)14-10-27/h4-16,21,24,28,31,33H,17-20,22-23,40H2,1-3H3,(H,42,49)(H,43,47)/t31-,33?/m1/s1. The number of aromatic nitrogens is 2. The fourth-order valence-corrected chi connectivity index (χ4v) is 5.77. The van der Waals surface area contributed by atoms with Crippen molar-refractivity contribution in [2.24, 2.45) is 11.7 Å². The molecule has 5 rings (SSSR count). The summed E-state index contributed by atoms with van der Waals surface area (Å²) < 4.78 is 26.1. The van der Waals surface area contributed by atoms with Crippen LogP contribution in [0.25, 0.3) is 0 Å². The molecule has 12 nitrogen and oxygen atoms in total. The van der Waals surface area contributed by atoms with E-state index in [1.807, 2.05) is 30.3 Å². The van der Waals surface area contributed by atoms with Gasteiger partial charge < -0.3 is 35.3 Å². The predicted molar refractivity (Wildman–Crippen MR) is 188 cm³/mol. The van der Waals surface area contributed by atoms with Crippen molar-refractivity contribution in [3.05, 3.63) is 114 Å². The smallest absolute Gasteiger partial charge is 0.250 e. The van der Waals surface area contributed by atoms with Gasteiger partial charge in [0, 0.05) is 30.8 Å². The average Bonchev–Trinajstić information content (AvgIpc) is 3.59. The van der Waals surface area contributed by atoms with Crippen LogP contribution in [0, 0.1) is 11.7 Å². The van der Waals surface area contributed by atoms with E-state index in [0.29, 0.717) is 42.8 Å². The molecule has 3 aromatic carbocycles. The number of benzene rings is 3. The molecule has 1 aliphatic rings. The number of carbonyl (C=O) groups is 4. The number of anilines is 1. The number of nitrogens with zero attached hydrogens (tertiary/aromatic N) is 3. The summed E-state index contributed by atoms with van der Waals surface area (Å²) in [7, 11) is 1.55. The molecule has 0 aliphatic carbocycles. The van der Waals surface area contributed by atoms with Crippen LogP contribution in [-0.2, 0) is 25.7 Å². The number of nitrogens with two attached hydrogens (primary N) is 1. The fraction of sp³-hybridized carbons (Fsp3) is 0.342. The van der Waals surface area contributed by atoms with E-state index in [4.69, 9.17) is 15.2 Å². The first kappa shape index (κ1) is 36.9. The van der Waals surface area contributed by atoms with E-state index in [-0.39, 0.29) is 36.6 Å². The Labute approximate surface area is 296 Å². The highest BCUT2D eigenvalue weighted by Crippen LogP contribution is 2.28. The van der Waals surface area contributed by atoms with Crippen LogP contribution in [0.3, 0.4) is 0 Å². The molecule has 0 spiro atoms. The van der Waals surface area contributed by atoms with Crippen molar-refractivity contribution in [3.63, 3.8) is 0 Å². The van der Waals surface area contributed by atoms with Crippen LogP contribution in [0.1, 0.15) is 54.2 Å². The molecular weight excluding hydrogens is 655 g/mol. The van der Waals surface area contributed by atoms with Crippen LogP contribution in [0.15, 0.2) is 91.4 Å². The van der Waals surface area contributed by atoms with Crippen LogP contribution in [-0.4, -0.2) is 76.3 Å². The van der Waals surface area contributed by atoms with E-state index >= 15 is 0 Å². The number of hydrogen-bond donors (Lipinski definition) is 3. The van der Waals surface area contributed by atoms with Gasteiger partial charge in [-0.15, -0.1) is 0 Å². The number of halogens is 1. The number of ether oxygens (including phenoxy) is 2. The van der Waals surface area contributed by atoms with Gasteiger partial charge in [-0.05, 0) is 74.2 Å². The monoisotopic (exact) mass is 698 g/mol. The van der Waals surface area contributed by atoms with Gasteiger partial charge in [-0.2, -0.15) is 0 Å². The summed E-state index contributed by atoms with van der Waals surface area (Å²) in [5, 5.41) is 5.40. The Morgan fingerprint density at radius 3 is 2.27 bits per heavy atom. The topological polar surface area (TPSA) is 158 Å². The molecule has 268 valence electrons. The Balaban J connectivity index is 1.31. The van der Waals surface area contributed by atoms with Gasteiger partial charge in [-0.1, -0.05) is 42.5 Å². The lowest BCUT2D eigenvalue weighted by atomic mass is 9.88. The maximum Gasteiger partial charge on any atom is 0.250 e. The third kappa shape index (κ3) is 9.65. The molecule has 2 heterocycles. The van der Waals surface area contributed by atoms with Crippen molar-refractivity contribution < 1.29 is 33.0 Å². The van der Waals surface area contributed by atoms with E-state index in [9.17, 15) is 23.6 Å². The summed E-state index contributed by atoms with van der Waals surface area (Å²) in [5.74, 6) is -1.32. The van der Waals surface area contributed by atoms with Gasteiger partial charge in [-0.25, -0.2) is 9.37 Å². The van der Waals surface area contributed by atoms with Crippen molar-refractivity contribution in [3.8, 4) is 5.75 Å². The molecule has 2 atom stereocenters. The van der Waals surface area contributed by atoms with E-state index < -0.39 is 35.3 Å². The summed E-state index contributed by atoms with van der Waals surface area (Å²) in [6.45, 7) is 3.87. The molecule has 0 radical (unpaired) electrons. The lowest BCUT2D eigenvalue weighted by Gasteiger charge is -2.34. The Bertz CT molecular complexity index is 1800. The number of amides is 3. The largest absolute Gasteiger partial charge is 0.497 e. The molecular formula is C38H43FN6O6. The lowest BCUT2D eigenvalue weighted by molar-refractivity contribution is -0.134. The molecule has 1 fully saturated rings. The summed E-state index contributed by atoms with van der Waals surface area (Å²) in [6.07, 6.45) is 3.92. The van der Waals surface area contributed by atoms with Gasteiger partial charge in [0.2, 0.25) is 11.8 Å². The van der Waals surface area contributed by atoms with Gasteiger partial charge in [0.15, 0.2) is 11.6 Å². The summed E-state index contributed by atoms with van der Waals surface area (Å²) in [5.41, 5.74) is 6.74. The molecule has 3 amide bonds. The second-order valence-electron chi connectivity index (χ2n) is 13.1. The minimum absolute atomic E-state index is 0.0706. The Kier molecular flexibility index (Phi) is 12.0. The number of nitrogens with one attached hydrogen (secondary N) is 2. The van der Waals surface area contributed by atoms with E-state index in [2.05, 4.69) is 15.6 Å². The number of carbonyl (C=O) groups excluding carboxylic acids is 4. The normalized spacial score (nSPS) is 14.7. The first-order chi connectivity index (χ1) is 24.4. The van der Waals surface area contributed by atoms with Crippen molar-refractivity contribution in [2.45, 2.75) is 50.9 Å². The highest BCUT2D eigenvalue weighted by atomic mass is 19.1. The quantitative estimate of drug-likeness (QED) is 0.166. The Morgan fingerprint density at radius 1 is 0.980 bits per heavy atom. The number of imidazole rings is 1. The average molecular weight is 699 g/mol. The third-order valence-electron chi connectivity index (χ3n) is 8.73. The van der Waals surface area contributed by atoms with Crippen LogP contribution in [0.4, 0.5) is 10.2 Å². The van der Waals surface area contributed by atoms with Crippen LogP contribution in [0.2, 0.25) is 0 Å². The predicted octanol–water partition coefficient (Wildman–Crippen LogP) is 4.12. The van der Waals surface area contributed by atoms with Gasteiger partial charge in [-0.3, -0.25) is 19.2 Å². The van der Waals surface area contributed by atoms with Crippen molar-refractivity contribution in [2.75, 3.05) is 32.1 Å². The molecule has 51 heavy (non-hydrogen) atoms. The molecule has 13 heteroatoms. The highest BCUT2D eigenvalue weighted by molar-refractivity contribution is 5.99. The summed E-state index contributed by atoms with van der Waals surface area (Å²) >= 11 is 0. The Morgan fingerprint density at radius 2 is 1.65 bits per heavy atom. The zero-order valence-corrected chi connectivity index (χ0v) is 28.9. The van der Waals surface area contributed by atoms with Crippen molar-refractivity contribution in [1.82, 2.24) is 19.8 Å². The number of hydrogen-bond acceptors (Lipinski definition) is 8. The maximum atomic E-state index is 14.2. The summed E-state index contributed by atoms with van der Waals surface area (Å²) in [4.78, 5) is 59.6. The molecule has 0 saturated carbocycles. The second kappa shape index (κ2) is 16.5. The second-order valence-corrected chi connectivity index (χ2v) is 13.1. The van der Waals surface area contributed by atoms with Gasteiger partial charge in [0.05, 0.1) is 32.2 Å². The first-order valence-corrected chi connectivity index (χ1v) is 16.7. The Hall–Kier alpha value is -5.40. The van der Waals surface area contributed by atoms with Gasteiger partial charge >= 0.3 is 0 Å². The molecule has 1 aliphatic heterocycles. The zero-order valence-electron chi connectivity index (χ0n) is 28.9. The molecule has 1 saturated heterocycles. The lowest BCUT2D eigenvalue weighted by Crippen LogP contribution is -2.56. The summed E-state index contributed by atoms with van der Waals surface area (Å²) in [6, 6.07) is 20.1. The number of methoxy groups -OCH3 is 1. The number of likely N-dealkylation sites (tertiary alicyclic amines) is 1. The van der Waals surface area contributed by atoms with Crippen LogP contribution >= 0.6 is 0 Å². The van der Waals surface area contributed by atoms with Crippen molar-refractivity contribution in [1.29, 1.82) is 0 Å². The third-order valence-corrected chi connectivity index (χ3v) is 8.73. The van der Waals surface area contributed by atoms with E-state index in [0.717, 1.165) is 5.56 Å². The van der Waals surface area contributed by atoms with Crippen molar-refractivity contribution >= 4 is 29.3 Å².